The third-order valence-electron chi connectivity index (χ3n) is 4.54. The molecule has 0 amide bonds. The van der Waals surface area contributed by atoms with E-state index in [1.807, 2.05) is 0 Å². The van der Waals surface area contributed by atoms with Crippen LogP contribution in [-0.2, 0) is 6.54 Å². The normalized spacial score (nSPS) is 16.9. The molecule has 0 spiro atoms. The van der Waals surface area contributed by atoms with Gasteiger partial charge in [-0.1, -0.05) is 31.4 Å². The summed E-state index contributed by atoms with van der Waals surface area (Å²) < 4.78 is 2.39. The van der Waals surface area contributed by atoms with Crippen molar-refractivity contribution < 1.29 is 0 Å². The van der Waals surface area contributed by atoms with Crippen molar-refractivity contribution in [1.29, 1.82) is 0 Å². The van der Waals surface area contributed by atoms with Gasteiger partial charge in [0.15, 0.2) is 0 Å². The Balaban J connectivity index is 1.50. The maximum absolute atomic E-state index is 3.73. The minimum absolute atomic E-state index is 0.785. The number of fused-ring (bicyclic) bond motifs is 1. The molecule has 1 aliphatic carbocycles. The van der Waals surface area contributed by atoms with Gasteiger partial charge in [0.1, 0.15) is 0 Å². The van der Waals surface area contributed by atoms with Crippen LogP contribution in [0.5, 0.6) is 0 Å². The Kier molecular flexibility index (Phi) is 4.41. The Morgan fingerprint density at radius 2 is 2.00 bits per heavy atom. The molecule has 0 aliphatic heterocycles. The maximum Gasteiger partial charge on any atom is 0.0482 e. The van der Waals surface area contributed by atoms with E-state index in [0.717, 1.165) is 19.1 Å². The lowest BCUT2D eigenvalue weighted by atomic mass is 9.95. The fourth-order valence-electron chi connectivity index (χ4n) is 3.35. The van der Waals surface area contributed by atoms with Crippen LogP contribution in [0.3, 0.4) is 0 Å². The minimum atomic E-state index is 0.785. The third kappa shape index (κ3) is 3.24. The standard InChI is InChI=1S/C18H26N2/c1-15-8-9-16-10-13-20(18(16)14-15)12-5-11-19-17-6-3-2-4-7-17/h8-10,13-14,17,19H,2-7,11-12H2,1H3. The van der Waals surface area contributed by atoms with E-state index in [1.54, 1.807) is 0 Å². The van der Waals surface area contributed by atoms with Crippen LogP contribution in [-0.4, -0.2) is 17.2 Å². The zero-order valence-corrected chi connectivity index (χ0v) is 12.6. The molecule has 108 valence electrons. The highest BCUT2D eigenvalue weighted by Crippen LogP contribution is 2.19. The molecule has 2 heteroatoms. The average Bonchev–Trinajstić information content (AvgIpc) is 2.87. The number of benzene rings is 1. The van der Waals surface area contributed by atoms with Gasteiger partial charge in [-0.25, -0.2) is 0 Å². The van der Waals surface area contributed by atoms with E-state index in [2.05, 4.69) is 47.3 Å². The van der Waals surface area contributed by atoms with Gasteiger partial charge >= 0.3 is 0 Å². The van der Waals surface area contributed by atoms with Gasteiger partial charge < -0.3 is 9.88 Å². The molecule has 1 aromatic heterocycles. The van der Waals surface area contributed by atoms with E-state index in [4.69, 9.17) is 0 Å². The first-order chi connectivity index (χ1) is 9.83. The van der Waals surface area contributed by atoms with Gasteiger partial charge in [-0.2, -0.15) is 0 Å². The molecule has 20 heavy (non-hydrogen) atoms. The van der Waals surface area contributed by atoms with Crippen molar-refractivity contribution in [1.82, 2.24) is 9.88 Å². The number of rotatable bonds is 5. The van der Waals surface area contributed by atoms with Crippen LogP contribution in [0, 0.1) is 6.92 Å². The summed E-state index contributed by atoms with van der Waals surface area (Å²) in [5.41, 5.74) is 2.72. The Bertz CT molecular complexity index is 550. The molecule has 1 heterocycles. The van der Waals surface area contributed by atoms with Crippen LogP contribution in [0.15, 0.2) is 30.5 Å². The van der Waals surface area contributed by atoms with Gasteiger partial charge in [-0.05, 0) is 55.8 Å². The first kappa shape index (κ1) is 13.7. The highest BCUT2D eigenvalue weighted by molar-refractivity contribution is 5.80. The molecule has 1 N–H and O–H groups in total. The van der Waals surface area contributed by atoms with E-state index in [1.165, 1.54) is 55.0 Å². The number of aromatic nitrogens is 1. The Hall–Kier alpha value is -1.28. The summed E-state index contributed by atoms with van der Waals surface area (Å²) in [6.45, 7) is 4.43. The lowest BCUT2D eigenvalue weighted by molar-refractivity contribution is 0.369. The third-order valence-corrected chi connectivity index (χ3v) is 4.54. The second kappa shape index (κ2) is 6.45. The van der Waals surface area contributed by atoms with Gasteiger partial charge in [0.05, 0.1) is 0 Å². The molecule has 2 nitrogen and oxygen atoms in total. The van der Waals surface area contributed by atoms with Gasteiger partial charge in [0.2, 0.25) is 0 Å². The summed E-state index contributed by atoms with van der Waals surface area (Å²) in [5, 5.41) is 5.09. The van der Waals surface area contributed by atoms with Crippen LogP contribution in [0.4, 0.5) is 0 Å². The lowest BCUT2D eigenvalue weighted by Gasteiger charge is -2.22. The number of nitrogens with one attached hydrogen (secondary N) is 1. The monoisotopic (exact) mass is 270 g/mol. The molecular formula is C18H26N2. The van der Waals surface area contributed by atoms with Gasteiger partial charge in [0, 0.05) is 24.3 Å². The quantitative estimate of drug-likeness (QED) is 0.803. The summed E-state index contributed by atoms with van der Waals surface area (Å²) in [6, 6.07) is 9.72. The average molecular weight is 270 g/mol. The molecule has 0 radical (unpaired) electrons. The van der Waals surface area contributed by atoms with Crippen molar-refractivity contribution in [3.8, 4) is 0 Å². The summed E-state index contributed by atoms with van der Waals surface area (Å²) in [7, 11) is 0. The summed E-state index contributed by atoms with van der Waals surface area (Å²) >= 11 is 0. The first-order valence-electron chi connectivity index (χ1n) is 8.12. The van der Waals surface area contributed by atoms with Crippen molar-refractivity contribution in [3.05, 3.63) is 36.0 Å². The zero-order chi connectivity index (χ0) is 13.8. The molecular weight excluding hydrogens is 244 g/mol. The van der Waals surface area contributed by atoms with Crippen molar-refractivity contribution in [3.63, 3.8) is 0 Å². The van der Waals surface area contributed by atoms with Gasteiger partial charge in [0.25, 0.3) is 0 Å². The molecule has 3 rings (SSSR count). The summed E-state index contributed by atoms with van der Waals surface area (Å²) in [5.74, 6) is 0. The van der Waals surface area contributed by atoms with E-state index >= 15 is 0 Å². The summed E-state index contributed by atoms with van der Waals surface area (Å²) in [6.07, 6.45) is 10.5. The second-order valence-electron chi connectivity index (χ2n) is 6.21. The highest BCUT2D eigenvalue weighted by atomic mass is 15.0. The van der Waals surface area contributed by atoms with Crippen LogP contribution < -0.4 is 5.32 Å². The maximum atomic E-state index is 3.73. The van der Waals surface area contributed by atoms with Crippen LogP contribution in [0.2, 0.25) is 0 Å². The predicted octanol–water partition coefficient (Wildman–Crippen LogP) is 4.26. The number of nitrogens with zero attached hydrogens (tertiary/aromatic N) is 1. The second-order valence-corrected chi connectivity index (χ2v) is 6.21. The van der Waals surface area contributed by atoms with Crippen LogP contribution in [0.1, 0.15) is 44.1 Å². The highest BCUT2D eigenvalue weighted by Gasteiger charge is 2.11. The predicted molar refractivity (Wildman–Crippen MR) is 86.2 cm³/mol. The smallest absolute Gasteiger partial charge is 0.0482 e. The minimum Gasteiger partial charge on any atom is -0.347 e. The summed E-state index contributed by atoms with van der Waals surface area (Å²) in [4.78, 5) is 0. The Morgan fingerprint density at radius 1 is 1.15 bits per heavy atom. The van der Waals surface area contributed by atoms with E-state index in [9.17, 15) is 0 Å². The number of hydrogen-bond acceptors (Lipinski definition) is 1. The van der Waals surface area contributed by atoms with Gasteiger partial charge in [-0.15, -0.1) is 0 Å². The number of aryl methyl sites for hydroxylation is 2. The molecule has 0 bridgehead atoms. The molecule has 0 saturated heterocycles. The van der Waals surface area contributed by atoms with Crippen LogP contribution in [0.25, 0.3) is 10.9 Å². The SMILES string of the molecule is Cc1ccc2ccn(CCCNC3CCCCC3)c2c1. The largest absolute Gasteiger partial charge is 0.347 e. The van der Waals surface area contributed by atoms with Crippen molar-refractivity contribution in [2.45, 2.75) is 58.0 Å². The number of hydrogen-bond donors (Lipinski definition) is 1. The molecule has 1 aliphatic rings. The van der Waals surface area contributed by atoms with Crippen molar-refractivity contribution in [2.75, 3.05) is 6.54 Å². The Labute approximate surface area is 122 Å². The molecule has 1 aromatic carbocycles. The molecule has 1 saturated carbocycles. The van der Waals surface area contributed by atoms with E-state index in [-0.39, 0.29) is 0 Å². The fraction of sp³-hybridized carbons (Fsp3) is 0.556. The van der Waals surface area contributed by atoms with Crippen LogP contribution >= 0.6 is 0 Å². The molecule has 1 fully saturated rings. The van der Waals surface area contributed by atoms with Gasteiger partial charge in [-0.3, -0.25) is 0 Å². The molecule has 0 unspecified atom stereocenters. The molecule has 2 aromatic rings. The van der Waals surface area contributed by atoms with E-state index < -0.39 is 0 Å². The topological polar surface area (TPSA) is 17.0 Å². The molecule has 0 atom stereocenters. The van der Waals surface area contributed by atoms with Crippen molar-refractivity contribution in [2.24, 2.45) is 0 Å². The van der Waals surface area contributed by atoms with E-state index in [0.29, 0.717) is 0 Å². The Morgan fingerprint density at radius 3 is 2.85 bits per heavy atom. The fourth-order valence-corrected chi connectivity index (χ4v) is 3.35. The first-order valence-corrected chi connectivity index (χ1v) is 8.12. The van der Waals surface area contributed by atoms with Crippen molar-refractivity contribution >= 4 is 10.9 Å². The lowest BCUT2D eigenvalue weighted by Crippen LogP contribution is -2.32. The zero-order valence-electron chi connectivity index (χ0n) is 12.6.